The Morgan fingerprint density at radius 3 is 2.33 bits per heavy atom. The highest BCUT2D eigenvalue weighted by atomic mass is 16.5. The Hall–Kier alpha value is -0.540. The molecular formula is C9H18N2O. The van der Waals surface area contributed by atoms with Gasteiger partial charge in [0, 0.05) is 19.3 Å². The van der Waals surface area contributed by atoms with Gasteiger partial charge in [-0.25, -0.2) is 5.01 Å². The summed E-state index contributed by atoms with van der Waals surface area (Å²) in [5.74, 6) is 0. The maximum absolute atomic E-state index is 5.13. The topological polar surface area (TPSA) is 15.7 Å². The second kappa shape index (κ2) is 3.92. The first-order valence-electron chi connectivity index (χ1n) is 4.38. The Kier molecular flexibility index (Phi) is 3.12. The number of hydrogen-bond acceptors (Lipinski definition) is 3. The third-order valence-corrected chi connectivity index (χ3v) is 2.29. The lowest BCUT2D eigenvalue weighted by atomic mass is 10.2. The predicted molar refractivity (Wildman–Crippen MR) is 49.5 cm³/mol. The third-order valence-electron chi connectivity index (χ3n) is 2.29. The molecule has 1 aliphatic rings. The SMILES string of the molecule is C=CN(C1COC1)N(C)C(C)C. The van der Waals surface area contributed by atoms with Crippen LogP contribution in [0.15, 0.2) is 12.8 Å². The van der Waals surface area contributed by atoms with E-state index in [9.17, 15) is 0 Å². The number of hydrazine groups is 1. The van der Waals surface area contributed by atoms with Crippen LogP contribution in [0.3, 0.4) is 0 Å². The van der Waals surface area contributed by atoms with E-state index >= 15 is 0 Å². The Labute approximate surface area is 74.6 Å². The molecule has 1 heterocycles. The van der Waals surface area contributed by atoms with Gasteiger partial charge in [0.1, 0.15) is 0 Å². The molecule has 0 unspecified atom stereocenters. The molecule has 70 valence electrons. The van der Waals surface area contributed by atoms with Crippen LogP contribution in [0, 0.1) is 0 Å². The van der Waals surface area contributed by atoms with Crippen LogP contribution >= 0.6 is 0 Å². The molecule has 0 aromatic carbocycles. The van der Waals surface area contributed by atoms with E-state index in [0.717, 1.165) is 13.2 Å². The molecule has 3 heteroatoms. The molecule has 0 aromatic rings. The largest absolute Gasteiger partial charge is 0.377 e. The molecule has 1 fully saturated rings. The summed E-state index contributed by atoms with van der Waals surface area (Å²) >= 11 is 0. The summed E-state index contributed by atoms with van der Waals surface area (Å²) in [7, 11) is 2.07. The number of hydrogen-bond donors (Lipinski definition) is 0. The zero-order chi connectivity index (χ0) is 9.14. The van der Waals surface area contributed by atoms with Crippen LogP contribution in [-0.2, 0) is 4.74 Å². The molecule has 0 spiro atoms. The maximum Gasteiger partial charge on any atom is 0.0916 e. The van der Waals surface area contributed by atoms with Gasteiger partial charge in [0.05, 0.1) is 19.3 Å². The van der Waals surface area contributed by atoms with Crippen molar-refractivity contribution in [2.24, 2.45) is 0 Å². The molecule has 1 aliphatic heterocycles. The fourth-order valence-electron chi connectivity index (χ4n) is 1.18. The standard InChI is InChI=1S/C9H18N2O/c1-5-11(9-6-12-7-9)10(4)8(2)3/h5,8-9H,1,6-7H2,2-4H3. The zero-order valence-electron chi connectivity index (χ0n) is 8.16. The quantitative estimate of drug-likeness (QED) is 0.587. The molecule has 0 bridgehead atoms. The van der Waals surface area contributed by atoms with Crippen LogP contribution in [0.2, 0.25) is 0 Å². The lowest BCUT2D eigenvalue weighted by Crippen LogP contribution is -2.54. The van der Waals surface area contributed by atoms with Crippen molar-refractivity contribution in [3.05, 3.63) is 12.8 Å². The Morgan fingerprint density at radius 1 is 1.50 bits per heavy atom. The van der Waals surface area contributed by atoms with Crippen LogP contribution in [0.4, 0.5) is 0 Å². The van der Waals surface area contributed by atoms with Crippen molar-refractivity contribution in [2.75, 3.05) is 20.3 Å². The first-order chi connectivity index (χ1) is 5.66. The minimum absolute atomic E-state index is 0.495. The summed E-state index contributed by atoms with van der Waals surface area (Å²) < 4.78 is 5.13. The van der Waals surface area contributed by atoms with E-state index in [2.05, 4.69) is 37.5 Å². The van der Waals surface area contributed by atoms with E-state index in [1.807, 2.05) is 6.20 Å². The van der Waals surface area contributed by atoms with E-state index in [1.165, 1.54) is 0 Å². The van der Waals surface area contributed by atoms with Gasteiger partial charge in [0.2, 0.25) is 0 Å². The molecule has 1 rings (SSSR count). The summed E-state index contributed by atoms with van der Waals surface area (Å²) in [5.41, 5.74) is 0. The number of rotatable bonds is 4. The average molecular weight is 170 g/mol. The van der Waals surface area contributed by atoms with E-state index in [1.54, 1.807) is 0 Å². The van der Waals surface area contributed by atoms with Gasteiger partial charge in [-0.05, 0) is 13.8 Å². The molecule has 0 atom stereocenters. The molecule has 1 saturated heterocycles. The van der Waals surface area contributed by atoms with Crippen LogP contribution in [-0.4, -0.2) is 42.4 Å². The second-order valence-corrected chi connectivity index (χ2v) is 3.42. The van der Waals surface area contributed by atoms with Crippen LogP contribution < -0.4 is 0 Å². The summed E-state index contributed by atoms with van der Waals surface area (Å²) in [6, 6.07) is 0.999. The highest BCUT2D eigenvalue weighted by molar-refractivity contribution is 4.82. The first-order valence-corrected chi connectivity index (χ1v) is 4.38. The van der Waals surface area contributed by atoms with E-state index in [0.29, 0.717) is 12.1 Å². The minimum Gasteiger partial charge on any atom is -0.377 e. The third kappa shape index (κ3) is 1.79. The van der Waals surface area contributed by atoms with Gasteiger partial charge < -0.3 is 9.75 Å². The first kappa shape index (κ1) is 9.55. The Balaban J connectivity index is 2.48. The van der Waals surface area contributed by atoms with Gasteiger partial charge in [-0.1, -0.05) is 6.58 Å². The molecule has 12 heavy (non-hydrogen) atoms. The molecule has 0 aromatic heterocycles. The molecule has 0 radical (unpaired) electrons. The predicted octanol–water partition coefficient (Wildman–Crippen LogP) is 1.09. The molecule has 0 aliphatic carbocycles. The number of nitrogens with zero attached hydrogens (tertiary/aromatic N) is 2. The van der Waals surface area contributed by atoms with Crippen LogP contribution in [0.5, 0.6) is 0 Å². The highest BCUT2D eigenvalue weighted by Crippen LogP contribution is 2.14. The summed E-state index contributed by atoms with van der Waals surface area (Å²) in [6.45, 7) is 9.77. The van der Waals surface area contributed by atoms with Crippen molar-refractivity contribution in [3.8, 4) is 0 Å². The molecular weight excluding hydrogens is 152 g/mol. The van der Waals surface area contributed by atoms with Gasteiger partial charge in [-0.15, -0.1) is 0 Å². The van der Waals surface area contributed by atoms with Crippen molar-refractivity contribution in [3.63, 3.8) is 0 Å². The number of ether oxygens (including phenoxy) is 1. The Morgan fingerprint density at radius 2 is 2.08 bits per heavy atom. The minimum atomic E-state index is 0.495. The van der Waals surface area contributed by atoms with Crippen molar-refractivity contribution in [1.82, 2.24) is 10.0 Å². The monoisotopic (exact) mass is 170 g/mol. The van der Waals surface area contributed by atoms with Crippen molar-refractivity contribution < 1.29 is 4.74 Å². The summed E-state index contributed by atoms with van der Waals surface area (Å²) in [4.78, 5) is 0. The van der Waals surface area contributed by atoms with Gasteiger partial charge in [0.15, 0.2) is 0 Å². The van der Waals surface area contributed by atoms with Crippen LogP contribution in [0.1, 0.15) is 13.8 Å². The van der Waals surface area contributed by atoms with Gasteiger partial charge in [-0.3, -0.25) is 0 Å². The smallest absolute Gasteiger partial charge is 0.0916 e. The molecule has 3 nitrogen and oxygen atoms in total. The second-order valence-electron chi connectivity index (χ2n) is 3.42. The van der Waals surface area contributed by atoms with E-state index in [-0.39, 0.29) is 0 Å². The van der Waals surface area contributed by atoms with Crippen LogP contribution in [0.25, 0.3) is 0 Å². The van der Waals surface area contributed by atoms with Crippen molar-refractivity contribution in [1.29, 1.82) is 0 Å². The summed E-state index contributed by atoms with van der Waals surface area (Å²) in [6.07, 6.45) is 1.87. The summed E-state index contributed by atoms with van der Waals surface area (Å²) in [5, 5.41) is 4.33. The normalized spacial score (nSPS) is 18.1. The van der Waals surface area contributed by atoms with Crippen molar-refractivity contribution >= 4 is 0 Å². The van der Waals surface area contributed by atoms with E-state index < -0.39 is 0 Å². The van der Waals surface area contributed by atoms with Gasteiger partial charge in [0.25, 0.3) is 0 Å². The Bertz CT molecular complexity index is 155. The fraction of sp³-hybridized carbons (Fsp3) is 0.778. The van der Waals surface area contributed by atoms with E-state index in [4.69, 9.17) is 4.74 Å². The maximum atomic E-state index is 5.13. The fourth-order valence-corrected chi connectivity index (χ4v) is 1.18. The molecule has 0 N–H and O–H groups in total. The molecule has 0 saturated carbocycles. The van der Waals surface area contributed by atoms with Crippen molar-refractivity contribution in [2.45, 2.75) is 25.9 Å². The lowest BCUT2D eigenvalue weighted by molar-refractivity contribution is -0.127. The zero-order valence-corrected chi connectivity index (χ0v) is 8.16. The molecule has 0 amide bonds. The lowest BCUT2D eigenvalue weighted by Gasteiger charge is -2.43. The highest BCUT2D eigenvalue weighted by Gasteiger charge is 2.26. The average Bonchev–Trinajstić information content (AvgIpc) is 1.94. The van der Waals surface area contributed by atoms with Gasteiger partial charge >= 0.3 is 0 Å². The van der Waals surface area contributed by atoms with Gasteiger partial charge in [-0.2, -0.15) is 0 Å².